The van der Waals surface area contributed by atoms with Crippen LogP contribution in [0.1, 0.15) is 99.0 Å². The van der Waals surface area contributed by atoms with Crippen molar-refractivity contribution in [3.05, 3.63) is 48.3 Å². The molecule has 18 nitrogen and oxygen atoms in total. The number of fused-ring (bicyclic) bond motifs is 2. The maximum atomic E-state index is 13.0. The Bertz CT molecular complexity index is 2150. The van der Waals surface area contributed by atoms with Gasteiger partial charge in [0.2, 0.25) is 11.8 Å². The molecule has 0 radical (unpaired) electrons. The highest BCUT2D eigenvalue weighted by Crippen LogP contribution is 2.41. The lowest BCUT2D eigenvalue weighted by atomic mass is 10.0. The monoisotopic (exact) mass is 851 g/mol. The molecule has 1 N–H and O–H groups in total. The maximum absolute atomic E-state index is 13.0. The van der Waals surface area contributed by atoms with Gasteiger partial charge in [-0.1, -0.05) is 39.5 Å². The molecule has 3 amide bonds. The number of amides is 3. The fourth-order valence-electron chi connectivity index (χ4n) is 8.30. The molecule has 2 fully saturated rings. The van der Waals surface area contributed by atoms with Crippen LogP contribution in [0.5, 0.6) is 0 Å². The first kappa shape index (κ1) is 43.2. The Balaban J connectivity index is 0.000000187. The Kier molecular flexibility index (Phi) is 13.7. The summed E-state index contributed by atoms with van der Waals surface area (Å²) in [6.07, 6.45) is 16.8. The van der Waals surface area contributed by atoms with Crippen LogP contribution < -0.4 is 19.6 Å². The van der Waals surface area contributed by atoms with Crippen molar-refractivity contribution in [1.82, 2.24) is 44.4 Å². The molecule has 59 heavy (non-hydrogen) atoms. The second kappa shape index (κ2) is 18.7. The van der Waals surface area contributed by atoms with Crippen molar-refractivity contribution in [2.45, 2.75) is 102 Å². The number of rotatable bonds is 8. The lowest BCUT2D eigenvalue weighted by Gasteiger charge is -2.43. The van der Waals surface area contributed by atoms with Gasteiger partial charge in [-0.05, 0) is 50.7 Å². The van der Waals surface area contributed by atoms with Gasteiger partial charge in [0.05, 0.1) is 17.7 Å². The molecule has 4 aromatic rings. The van der Waals surface area contributed by atoms with E-state index in [9.17, 15) is 19.2 Å². The van der Waals surface area contributed by atoms with Crippen LogP contribution in [0, 0.1) is 0 Å². The zero-order valence-corrected chi connectivity index (χ0v) is 35.7. The van der Waals surface area contributed by atoms with Crippen molar-refractivity contribution in [2.75, 3.05) is 53.1 Å². The molecule has 0 aromatic carbocycles. The Morgan fingerprint density at radius 2 is 1.12 bits per heavy atom. The zero-order chi connectivity index (χ0) is 42.5. The van der Waals surface area contributed by atoms with Crippen LogP contribution in [-0.2, 0) is 9.59 Å². The van der Waals surface area contributed by atoms with Crippen molar-refractivity contribution in [3.63, 3.8) is 0 Å². The molecule has 2 saturated carbocycles. The summed E-state index contributed by atoms with van der Waals surface area (Å²) in [4.78, 5) is 76.4. The number of halogens is 2. The van der Waals surface area contributed by atoms with Crippen LogP contribution in [-0.4, -0.2) is 131 Å². The van der Waals surface area contributed by atoms with Crippen LogP contribution >= 0.6 is 23.2 Å². The third-order valence-electron chi connectivity index (χ3n) is 11.2. The third kappa shape index (κ3) is 8.69. The van der Waals surface area contributed by atoms with Crippen molar-refractivity contribution >= 4 is 69.9 Å². The number of likely N-dealkylation sites (N-methyl/N-ethyl adjacent to an activating group) is 2. The number of hydrogen-bond donors (Lipinski definition) is 1. The van der Waals surface area contributed by atoms with E-state index in [-0.39, 0.29) is 46.9 Å². The minimum Gasteiger partial charge on any atom is -0.476 e. The molecule has 4 aliphatic rings. The van der Waals surface area contributed by atoms with Crippen LogP contribution in [0.25, 0.3) is 11.9 Å². The average Bonchev–Trinajstić information content (AvgIpc) is 4.09. The molecule has 0 saturated heterocycles. The van der Waals surface area contributed by atoms with Gasteiger partial charge in [-0.25, -0.2) is 24.1 Å². The number of carbonyl (C=O) groups is 4. The SMILES string of the molecule is CC[C@@H]1C(=O)N(C)c2cnc(-n3ccc(C(=O)N(C)C)n3)nc2N1C1CCCC1.CC[C@@H]1C(=O)N(C)c2cnc(-n3ccc(C(=O)O)n3)nc2N1C1CCCC1.ClCCl. The van der Waals surface area contributed by atoms with Gasteiger partial charge in [0.25, 0.3) is 17.8 Å². The van der Waals surface area contributed by atoms with Crippen LogP contribution in [0.3, 0.4) is 0 Å². The fourth-order valence-corrected chi connectivity index (χ4v) is 8.30. The molecule has 4 aromatic heterocycles. The molecule has 2 aliphatic heterocycles. The molecule has 0 bridgehead atoms. The zero-order valence-electron chi connectivity index (χ0n) is 34.2. The van der Waals surface area contributed by atoms with Crippen LogP contribution in [0.2, 0.25) is 0 Å². The quantitative estimate of drug-likeness (QED) is 0.229. The van der Waals surface area contributed by atoms with Crippen molar-refractivity contribution in [1.29, 1.82) is 0 Å². The van der Waals surface area contributed by atoms with Crippen LogP contribution in [0.4, 0.5) is 23.0 Å². The Labute approximate surface area is 353 Å². The molecule has 0 unspecified atom stereocenters. The van der Waals surface area contributed by atoms with Crippen molar-refractivity contribution < 1.29 is 24.3 Å². The van der Waals surface area contributed by atoms with E-state index in [0.717, 1.165) is 50.8 Å². The lowest BCUT2D eigenvalue weighted by molar-refractivity contribution is -0.120. The van der Waals surface area contributed by atoms with E-state index in [1.807, 2.05) is 13.8 Å². The Morgan fingerprint density at radius 3 is 1.47 bits per heavy atom. The van der Waals surface area contributed by atoms with E-state index in [1.54, 1.807) is 62.6 Å². The summed E-state index contributed by atoms with van der Waals surface area (Å²) < 4.78 is 2.87. The summed E-state index contributed by atoms with van der Waals surface area (Å²) in [7, 11) is 6.90. The summed E-state index contributed by atoms with van der Waals surface area (Å²) in [5, 5.41) is 17.6. The standard InChI is InChI=1S/C20H27N7O2.C18H22N6O3.CH2Cl2/c1-5-15-19(29)25(4)16-12-21-20(22-17(16)27(15)13-8-6-7-9-13)26-11-10-14(23-26)18(28)24(2)3;1-3-13-16(25)22(2)14-10-19-18(23-9-8-12(21-23)17(26)27)20-15(14)24(13)11-6-4-5-7-11;2-1-3/h10-13,15H,5-9H2,1-4H3;8-11,13H,3-7H2,1-2H3,(H,26,27);1H2/t15-;13-;/m11./s1. The number of hydrogen-bond acceptors (Lipinski definition) is 12. The molecule has 6 heterocycles. The first-order valence-electron chi connectivity index (χ1n) is 19.9. The molecule has 0 spiro atoms. The number of alkyl halides is 2. The number of aromatic carboxylic acids is 1. The van der Waals surface area contributed by atoms with Crippen molar-refractivity contribution in [2.24, 2.45) is 0 Å². The molecule has 2 atom stereocenters. The number of carboxylic acid groups (broad SMARTS) is 1. The van der Waals surface area contributed by atoms with Crippen LogP contribution in [0.15, 0.2) is 36.9 Å². The maximum Gasteiger partial charge on any atom is 0.356 e. The summed E-state index contributed by atoms with van der Waals surface area (Å²) in [6, 6.07) is 3.18. The molecule has 2 aliphatic carbocycles. The van der Waals surface area contributed by atoms with E-state index in [1.165, 1.54) is 39.4 Å². The highest BCUT2D eigenvalue weighted by atomic mass is 35.5. The lowest BCUT2D eigenvalue weighted by Crippen LogP contribution is -2.55. The van der Waals surface area contributed by atoms with E-state index >= 15 is 0 Å². The van der Waals surface area contributed by atoms with E-state index in [4.69, 9.17) is 38.3 Å². The minimum absolute atomic E-state index is 0.0560. The smallest absolute Gasteiger partial charge is 0.356 e. The summed E-state index contributed by atoms with van der Waals surface area (Å²) in [5.74, 6) is 1.03. The first-order valence-corrected chi connectivity index (χ1v) is 21.0. The van der Waals surface area contributed by atoms with E-state index in [2.05, 4.69) is 30.0 Å². The molecular formula is C39H51Cl2N13O5. The first-order chi connectivity index (χ1) is 28.3. The topological polar surface area (TPSA) is 192 Å². The van der Waals surface area contributed by atoms with Gasteiger partial charge in [-0.2, -0.15) is 20.2 Å². The Morgan fingerprint density at radius 1 is 0.729 bits per heavy atom. The van der Waals surface area contributed by atoms with Gasteiger partial charge >= 0.3 is 5.97 Å². The summed E-state index contributed by atoms with van der Waals surface area (Å²) >= 11 is 9.53. The summed E-state index contributed by atoms with van der Waals surface area (Å²) in [5.41, 5.74) is 1.66. The summed E-state index contributed by atoms with van der Waals surface area (Å²) in [6.45, 7) is 4.05. The molecule has 20 heteroatoms. The minimum atomic E-state index is -1.10. The van der Waals surface area contributed by atoms with Gasteiger partial charge in [0.1, 0.15) is 23.5 Å². The van der Waals surface area contributed by atoms with E-state index < -0.39 is 5.97 Å². The third-order valence-corrected chi connectivity index (χ3v) is 11.2. The average molecular weight is 853 g/mol. The van der Waals surface area contributed by atoms with Gasteiger partial charge in [0.15, 0.2) is 23.0 Å². The number of carbonyl (C=O) groups excluding carboxylic acids is 3. The molecule has 316 valence electrons. The van der Waals surface area contributed by atoms with Gasteiger partial charge in [-0.15, -0.1) is 23.2 Å². The van der Waals surface area contributed by atoms with Gasteiger partial charge < -0.3 is 29.6 Å². The van der Waals surface area contributed by atoms with Crippen molar-refractivity contribution in [3.8, 4) is 11.9 Å². The number of aromatic nitrogens is 8. The van der Waals surface area contributed by atoms with Gasteiger partial charge in [0, 0.05) is 52.7 Å². The predicted octanol–water partition coefficient (Wildman–Crippen LogP) is 5.15. The fraction of sp³-hybridized carbons (Fsp3) is 0.538. The molecular weight excluding hydrogens is 801 g/mol. The largest absolute Gasteiger partial charge is 0.476 e. The molecule has 8 rings (SSSR count). The Hall–Kier alpha value is -5.36. The van der Waals surface area contributed by atoms with Gasteiger partial charge in [-0.3, -0.25) is 14.4 Å². The van der Waals surface area contributed by atoms with E-state index in [0.29, 0.717) is 47.2 Å². The highest BCUT2D eigenvalue weighted by molar-refractivity contribution is 6.40. The predicted molar refractivity (Wildman–Crippen MR) is 224 cm³/mol. The highest BCUT2D eigenvalue weighted by Gasteiger charge is 2.43. The number of carboxylic acids is 1. The normalized spacial score (nSPS) is 19.2. The second-order valence-electron chi connectivity index (χ2n) is 15.0. The number of anilines is 4. The second-order valence-corrected chi connectivity index (χ2v) is 15.8. The number of nitrogens with zero attached hydrogens (tertiary/aromatic N) is 13.